The van der Waals surface area contributed by atoms with Gasteiger partial charge in [-0.05, 0) is 0 Å². The van der Waals surface area contributed by atoms with Gasteiger partial charge in [-0.3, -0.25) is 0 Å². The molecular weight excluding hydrogens is 285 g/mol. The second kappa shape index (κ2) is 7.41. The monoisotopic (exact) mass is 286 g/mol. The molecule has 0 nitrogen and oxygen atoms in total. The summed E-state index contributed by atoms with van der Waals surface area (Å²) in [6.45, 7) is 6.25. The van der Waals surface area contributed by atoms with Crippen LogP contribution in [-0.2, 0) is 0 Å². The second-order valence-corrected chi connectivity index (χ2v) is 4.93. The molecule has 0 aromatic rings. The third-order valence-corrected chi connectivity index (χ3v) is 2.32. The van der Waals surface area contributed by atoms with Crippen LogP contribution < -0.4 is 0 Å². The highest BCUT2D eigenvalue weighted by molar-refractivity contribution is 6.75. The first kappa shape index (κ1) is 15.5. The van der Waals surface area contributed by atoms with Crippen LogP contribution in [0.4, 0.5) is 0 Å². The molecule has 12 heavy (non-hydrogen) atoms. The summed E-state index contributed by atoms with van der Waals surface area (Å²) < 4.78 is -1.96. The van der Waals surface area contributed by atoms with Gasteiger partial charge in [0.15, 0.2) is 0 Å². The van der Waals surface area contributed by atoms with E-state index in [0.717, 1.165) is 0 Å². The predicted octanol–water partition coefficient (Wildman–Crippen LogP) is 5.20. The Morgan fingerprint density at radius 3 is 1.25 bits per heavy atom. The molecule has 0 radical (unpaired) electrons. The van der Waals surface area contributed by atoms with Crippen LogP contribution in [0.25, 0.3) is 0 Å². The van der Waals surface area contributed by atoms with Gasteiger partial charge in [0.2, 0.25) is 3.79 Å². The van der Waals surface area contributed by atoms with E-state index in [1.54, 1.807) is 0 Å². The minimum atomic E-state index is -1.72. The van der Waals surface area contributed by atoms with Gasteiger partial charge in [0.05, 0.1) is 5.03 Å². The Bertz CT molecular complexity index is 189. The molecule has 0 saturated carbocycles. The Morgan fingerprint density at radius 2 is 1.25 bits per heavy atom. The van der Waals surface area contributed by atoms with Gasteiger partial charge in [-0.2, -0.15) is 0 Å². The van der Waals surface area contributed by atoms with Crippen molar-refractivity contribution >= 4 is 69.6 Å². The maximum Gasteiger partial charge on any atom is 0.228 e. The van der Waals surface area contributed by atoms with E-state index in [-0.39, 0.29) is 9.52 Å². The third-order valence-electron chi connectivity index (χ3n) is 0.415. The number of alkyl halides is 3. The van der Waals surface area contributed by atoms with Gasteiger partial charge in [0, 0.05) is 0 Å². The van der Waals surface area contributed by atoms with E-state index in [9.17, 15) is 0 Å². The molecule has 0 spiro atoms. The SMILES string of the molecule is C=C=C.ClC(Cl)=C(Cl)C(Cl)(Cl)Cl. The minimum absolute atomic E-state index is 0.198. The van der Waals surface area contributed by atoms with E-state index in [2.05, 4.69) is 18.9 Å². The van der Waals surface area contributed by atoms with Crippen LogP contribution in [0.1, 0.15) is 0 Å². The highest BCUT2D eigenvalue weighted by atomic mass is 35.6. The van der Waals surface area contributed by atoms with Gasteiger partial charge >= 0.3 is 0 Å². The maximum atomic E-state index is 5.31. The molecule has 6 heteroatoms. The highest BCUT2D eigenvalue weighted by Gasteiger charge is 2.26. The number of rotatable bonds is 0. The summed E-state index contributed by atoms with van der Waals surface area (Å²) in [4.78, 5) is 0. The van der Waals surface area contributed by atoms with Crippen molar-refractivity contribution in [3.05, 3.63) is 28.4 Å². The van der Waals surface area contributed by atoms with Crippen molar-refractivity contribution < 1.29 is 0 Å². The van der Waals surface area contributed by atoms with Crippen LogP contribution >= 0.6 is 69.6 Å². The summed E-state index contributed by atoms with van der Waals surface area (Å²) in [5.74, 6) is 0. The molecule has 0 aromatic heterocycles. The number of hydrogen-bond donors (Lipinski definition) is 0. The summed E-state index contributed by atoms with van der Waals surface area (Å²) >= 11 is 31.4. The highest BCUT2D eigenvalue weighted by Crippen LogP contribution is 2.40. The standard InChI is InChI=1S/C3Cl6.C3H4/c4-1(2(5)6)3(7,8)9;1-3-2/h;1-2H2. The van der Waals surface area contributed by atoms with Crippen molar-refractivity contribution in [2.24, 2.45) is 0 Å². The molecule has 0 fully saturated rings. The van der Waals surface area contributed by atoms with Gasteiger partial charge in [-0.25, -0.2) is 0 Å². The van der Waals surface area contributed by atoms with Crippen LogP contribution in [0.15, 0.2) is 28.4 Å². The van der Waals surface area contributed by atoms with Crippen LogP contribution in [0.2, 0.25) is 0 Å². The van der Waals surface area contributed by atoms with Crippen molar-refractivity contribution in [1.82, 2.24) is 0 Å². The molecule has 0 aliphatic rings. The summed E-state index contributed by atoms with van der Waals surface area (Å²) in [6.07, 6.45) is 0. The zero-order chi connectivity index (χ0) is 10.4. The molecule has 70 valence electrons. The van der Waals surface area contributed by atoms with E-state index < -0.39 is 3.79 Å². The van der Waals surface area contributed by atoms with Gasteiger partial charge < -0.3 is 0 Å². The Kier molecular flexibility index (Phi) is 9.55. The van der Waals surface area contributed by atoms with Gasteiger partial charge in [-0.15, -0.1) is 5.73 Å². The quantitative estimate of drug-likeness (QED) is 0.424. The van der Waals surface area contributed by atoms with Gasteiger partial charge in [-0.1, -0.05) is 82.8 Å². The van der Waals surface area contributed by atoms with Gasteiger partial charge in [0.1, 0.15) is 4.49 Å². The Hall–Kier alpha value is 1.00. The first-order valence-corrected chi connectivity index (χ1v) is 4.61. The van der Waals surface area contributed by atoms with E-state index in [1.165, 1.54) is 0 Å². The molecule has 0 amide bonds. The van der Waals surface area contributed by atoms with Crippen molar-refractivity contribution in [3.63, 3.8) is 0 Å². The molecule has 0 N–H and O–H groups in total. The summed E-state index contributed by atoms with van der Waals surface area (Å²) in [5, 5.41) is -0.198. The number of hydrogen-bond acceptors (Lipinski definition) is 0. The molecule has 0 rings (SSSR count). The van der Waals surface area contributed by atoms with Crippen LogP contribution in [-0.4, -0.2) is 3.79 Å². The summed E-state index contributed by atoms with van der Waals surface area (Å²) in [6, 6.07) is 0. The van der Waals surface area contributed by atoms with Crippen molar-refractivity contribution in [2.45, 2.75) is 3.79 Å². The van der Waals surface area contributed by atoms with Crippen LogP contribution in [0.3, 0.4) is 0 Å². The molecule has 0 saturated heterocycles. The van der Waals surface area contributed by atoms with E-state index >= 15 is 0 Å². The Labute approximate surface area is 101 Å². The zero-order valence-electron chi connectivity index (χ0n) is 5.68. The van der Waals surface area contributed by atoms with E-state index in [1.807, 2.05) is 0 Å². The first-order chi connectivity index (χ1) is 5.27. The molecule has 0 atom stereocenters. The second-order valence-electron chi connectivity index (χ2n) is 1.32. The largest absolute Gasteiger partial charge is 0.228 e. The molecule has 0 aliphatic heterocycles. The van der Waals surface area contributed by atoms with E-state index in [4.69, 9.17) is 69.6 Å². The summed E-state index contributed by atoms with van der Waals surface area (Å²) in [5.41, 5.74) is 2.25. The molecule has 0 aromatic carbocycles. The number of allylic oxidation sites excluding steroid dienone is 1. The lowest BCUT2D eigenvalue weighted by Crippen LogP contribution is -2.01. The Morgan fingerprint density at radius 1 is 1.00 bits per heavy atom. The molecule has 0 unspecified atom stereocenters. The third kappa shape index (κ3) is 9.09. The Balaban J connectivity index is 0. The average molecular weight is 289 g/mol. The molecule has 0 aliphatic carbocycles. The van der Waals surface area contributed by atoms with Crippen molar-refractivity contribution in [2.75, 3.05) is 0 Å². The fourth-order valence-corrected chi connectivity index (χ4v) is 0.964. The lowest BCUT2D eigenvalue weighted by atomic mass is 10.7. The van der Waals surface area contributed by atoms with Gasteiger partial charge in [0.25, 0.3) is 0 Å². The topological polar surface area (TPSA) is 0 Å². The fraction of sp³-hybridized carbons (Fsp3) is 0.167. The normalized spacial score (nSPS) is 9.17. The smallest absolute Gasteiger partial charge is 0.137 e. The minimum Gasteiger partial charge on any atom is -0.137 e. The lowest BCUT2D eigenvalue weighted by Gasteiger charge is -2.07. The molecule has 0 heterocycles. The summed E-state index contributed by atoms with van der Waals surface area (Å²) in [7, 11) is 0. The fourth-order valence-electron chi connectivity index (χ4n) is 0.107. The van der Waals surface area contributed by atoms with Crippen molar-refractivity contribution in [1.29, 1.82) is 0 Å². The lowest BCUT2D eigenvalue weighted by molar-refractivity contribution is 1.42. The zero-order valence-corrected chi connectivity index (χ0v) is 10.2. The first-order valence-electron chi connectivity index (χ1n) is 2.34. The predicted molar refractivity (Wildman–Crippen MR) is 59.6 cm³/mol. The van der Waals surface area contributed by atoms with Crippen LogP contribution in [0.5, 0.6) is 0 Å². The van der Waals surface area contributed by atoms with E-state index in [0.29, 0.717) is 0 Å². The maximum absolute atomic E-state index is 5.31. The average Bonchev–Trinajstić information content (AvgIpc) is 1.85. The number of halogens is 6. The van der Waals surface area contributed by atoms with Crippen LogP contribution in [0, 0.1) is 0 Å². The van der Waals surface area contributed by atoms with Crippen molar-refractivity contribution in [3.8, 4) is 0 Å². The molecule has 0 bridgehead atoms. The molecular formula is C6H4Cl6.